The lowest BCUT2D eigenvalue weighted by Crippen LogP contribution is -2.28. The zero-order valence-electron chi connectivity index (χ0n) is 10.8. The molecular weight excluding hydrogens is 238 g/mol. The fraction of sp³-hybridized carbons (Fsp3) is 0.667. The lowest BCUT2D eigenvalue weighted by atomic mass is 10.0. The van der Waals surface area contributed by atoms with E-state index in [1.54, 1.807) is 4.68 Å². The van der Waals surface area contributed by atoms with Gasteiger partial charge in [0, 0.05) is 18.5 Å². The van der Waals surface area contributed by atoms with Gasteiger partial charge in [-0.3, -0.25) is 9.48 Å². The number of carbonyl (C=O) groups is 1. The van der Waals surface area contributed by atoms with Crippen LogP contribution in [0.3, 0.4) is 0 Å². The number of nitrogens with zero attached hydrogens (tertiary/aromatic N) is 2. The molecule has 96 valence electrons. The summed E-state index contributed by atoms with van der Waals surface area (Å²) in [5.74, 6) is -0.0520. The Morgan fingerprint density at radius 1 is 1.53 bits per heavy atom. The molecule has 0 amide bonds. The molecule has 0 fully saturated rings. The summed E-state index contributed by atoms with van der Waals surface area (Å²) in [6.07, 6.45) is 1.54. The number of hydrogen-bond donors (Lipinski definition) is 1. The van der Waals surface area contributed by atoms with Crippen molar-refractivity contribution in [2.24, 2.45) is 5.92 Å². The standard InChI is InChI=1S/C12H20ClN3O/c1-5-14-6-9(4)12(17)11-10(13)7-15-16(11)8(2)3/h7-9,14H,5-6H2,1-4H3. The Labute approximate surface area is 107 Å². The van der Waals surface area contributed by atoms with Crippen molar-refractivity contribution in [3.8, 4) is 0 Å². The van der Waals surface area contributed by atoms with Crippen LogP contribution in [-0.4, -0.2) is 28.7 Å². The van der Waals surface area contributed by atoms with Gasteiger partial charge in [-0.05, 0) is 20.4 Å². The van der Waals surface area contributed by atoms with Gasteiger partial charge in [0.2, 0.25) is 0 Å². The second-order valence-corrected chi connectivity index (χ2v) is 4.86. The summed E-state index contributed by atoms with van der Waals surface area (Å²) in [5, 5.41) is 7.74. The van der Waals surface area contributed by atoms with Crippen LogP contribution in [0.1, 0.15) is 44.2 Å². The van der Waals surface area contributed by atoms with E-state index in [9.17, 15) is 4.79 Å². The first-order chi connectivity index (χ1) is 7.99. The molecular formula is C12H20ClN3O. The molecule has 0 bridgehead atoms. The zero-order valence-corrected chi connectivity index (χ0v) is 11.6. The average Bonchev–Trinajstić information content (AvgIpc) is 2.67. The van der Waals surface area contributed by atoms with Gasteiger partial charge in [0.25, 0.3) is 0 Å². The highest BCUT2D eigenvalue weighted by Gasteiger charge is 2.23. The molecule has 0 radical (unpaired) electrons. The van der Waals surface area contributed by atoms with Crippen molar-refractivity contribution < 1.29 is 4.79 Å². The molecule has 1 N–H and O–H groups in total. The van der Waals surface area contributed by atoms with Crippen molar-refractivity contribution >= 4 is 17.4 Å². The Morgan fingerprint density at radius 3 is 2.71 bits per heavy atom. The van der Waals surface area contributed by atoms with Gasteiger partial charge in [0.1, 0.15) is 5.69 Å². The summed E-state index contributed by atoms with van der Waals surface area (Å²) in [5.41, 5.74) is 0.520. The number of nitrogens with one attached hydrogen (secondary N) is 1. The molecule has 0 aromatic carbocycles. The van der Waals surface area contributed by atoms with Crippen molar-refractivity contribution in [3.63, 3.8) is 0 Å². The summed E-state index contributed by atoms with van der Waals surface area (Å²) in [4.78, 5) is 12.3. The van der Waals surface area contributed by atoms with Gasteiger partial charge in [-0.1, -0.05) is 25.4 Å². The second-order valence-electron chi connectivity index (χ2n) is 4.45. The number of ketones is 1. The van der Waals surface area contributed by atoms with Crippen LogP contribution in [-0.2, 0) is 0 Å². The molecule has 0 aliphatic carbocycles. The van der Waals surface area contributed by atoms with E-state index in [0.717, 1.165) is 6.54 Å². The van der Waals surface area contributed by atoms with Gasteiger partial charge >= 0.3 is 0 Å². The van der Waals surface area contributed by atoms with E-state index in [1.165, 1.54) is 6.20 Å². The van der Waals surface area contributed by atoms with Crippen LogP contribution in [0.4, 0.5) is 0 Å². The number of aromatic nitrogens is 2. The molecule has 0 saturated carbocycles. The summed E-state index contributed by atoms with van der Waals surface area (Å²) < 4.78 is 1.69. The van der Waals surface area contributed by atoms with E-state index < -0.39 is 0 Å². The molecule has 0 aliphatic rings. The van der Waals surface area contributed by atoms with E-state index in [4.69, 9.17) is 11.6 Å². The van der Waals surface area contributed by atoms with E-state index in [-0.39, 0.29) is 17.7 Å². The number of halogens is 1. The fourth-order valence-electron chi connectivity index (χ4n) is 1.65. The van der Waals surface area contributed by atoms with E-state index in [0.29, 0.717) is 17.3 Å². The second kappa shape index (κ2) is 6.17. The summed E-state index contributed by atoms with van der Waals surface area (Å²) >= 11 is 6.04. The lowest BCUT2D eigenvalue weighted by Gasteiger charge is -2.14. The quantitative estimate of drug-likeness (QED) is 0.797. The third kappa shape index (κ3) is 3.30. The van der Waals surface area contributed by atoms with Gasteiger partial charge in [-0.2, -0.15) is 5.10 Å². The highest BCUT2D eigenvalue weighted by Crippen LogP contribution is 2.21. The minimum atomic E-state index is -0.0957. The molecule has 1 rings (SSSR count). The van der Waals surface area contributed by atoms with Crippen LogP contribution >= 0.6 is 11.6 Å². The Bertz CT molecular complexity index is 387. The predicted molar refractivity (Wildman–Crippen MR) is 69.7 cm³/mol. The topological polar surface area (TPSA) is 46.9 Å². The van der Waals surface area contributed by atoms with Gasteiger partial charge in [0.05, 0.1) is 11.2 Å². The Kier molecular flexibility index (Phi) is 5.15. The molecule has 5 heteroatoms. The number of hydrogen-bond acceptors (Lipinski definition) is 3. The molecule has 1 unspecified atom stereocenters. The number of Topliss-reactive ketones (excluding diaryl/α,β-unsaturated/α-hetero) is 1. The smallest absolute Gasteiger partial charge is 0.186 e. The van der Waals surface area contributed by atoms with E-state index in [2.05, 4.69) is 10.4 Å². The molecule has 1 atom stereocenters. The third-order valence-corrected chi connectivity index (χ3v) is 2.90. The normalized spacial score (nSPS) is 13.1. The monoisotopic (exact) mass is 257 g/mol. The average molecular weight is 258 g/mol. The van der Waals surface area contributed by atoms with Crippen LogP contribution in [0.2, 0.25) is 5.02 Å². The van der Waals surface area contributed by atoms with Crippen LogP contribution in [0.5, 0.6) is 0 Å². The molecule has 1 aromatic heterocycles. The van der Waals surface area contributed by atoms with Crippen molar-refractivity contribution in [1.82, 2.24) is 15.1 Å². The minimum Gasteiger partial charge on any atom is -0.316 e. The van der Waals surface area contributed by atoms with Crippen molar-refractivity contribution in [1.29, 1.82) is 0 Å². The highest BCUT2D eigenvalue weighted by atomic mass is 35.5. The third-order valence-electron chi connectivity index (χ3n) is 2.62. The van der Waals surface area contributed by atoms with E-state index >= 15 is 0 Å². The van der Waals surface area contributed by atoms with Crippen LogP contribution in [0, 0.1) is 5.92 Å². The minimum absolute atomic E-state index is 0.0437. The zero-order chi connectivity index (χ0) is 13.0. The van der Waals surface area contributed by atoms with Crippen molar-refractivity contribution in [2.75, 3.05) is 13.1 Å². The van der Waals surface area contributed by atoms with Crippen LogP contribution < -0.4 is 5.32 Å². The predicted octanol–water partition coefficient (Wildman–Crippen LogP) is 2.55. The molecule has 1 aromatic rings. The van der Waals surface area contributed by atoms with E-state index in [1.807, 2.05) is 27.7 Å². The Balaban J connectivity index is 2.91. The molecule has 0 aliphatic heterocycles. The van der Waals surface area contributed by atoms with Crippen molar-refractivity contribution in [2.45, 2.75) is 33.7 Å². The Hall–Kier alpha value is -0.870. The van der Waals surface area contributed by atoms with Crippen molar-refractivity contribution in [3.05, 3.63) is 16.9 Å². The lowest BCUT2D eigenvalue weighted by molar-refractivity contribution is 0.0916. The first-order valence-corrected chi connectivity index (χ1v) is 6.34. The largest absolute Gasteiger partial charge is 0.316 e. The van der Waals surface area contributed by atoms with Crippen LogP contribution in [0.15, 0.2) is 6.20 Å². The highest BCUT2D eigenvalue weighted by molar-refractivity contribution is 6.33. The van der Waals surface area contributed by atoms with Gasteiger partial charge < -0.3 is 5.32 Å². The molecule has 0 saturated heterocycles. The number of carbonyl (C=O) groups excluding carboxylic acids is 1. The van der Waals surface area contributed by atoms with Gasteiger partial charge in [-0.25, -0.2) is 0 Å². The SMILES string of the molecule is CCNCC(C)C(=O)c1c(Cl)cnn1C(C)C. The maximum atomic E-state index is 12.3. The molecule has 1 heterocycles. The first-order valence-electron chi connectivity index (χ1n) is 5.96. The molecule has 0 spiro atoms. The number of rotatable bonds is 6. The van der Waals surface area contributed by atoms with Gasteiger partial charge in [-0.15, -0.1) is 0 Å². The maximum absolute atomic E-state index is 12.3. The summed E-state index contributed by atoms with van der Waals surface area (Å²) in [7, 11) is 0. The molecule has 4 nitrogen and oxygen atoms in total. The van der Waals surface area contributed by atoms with Gasteiger partial charge in [0.15, 0.2) is 5.78 Å². The fourth-order valence-corrected chi connectivity index (χ4v) is 1.87. The maximum Gasteiger partial charge on any atom is 0.186 e. The first kappa shape index (κ1) is 14.2. The Morgan fingerprint density at radius 2 is 2.18 bits per heavy atom. The molecule has 17 heavy (non-hydrogen) atoms. The summed E-state index contributed by atoms with van der Waals surface area (Å²) in [6.45, 7) is 9.40. The van der Waals surface area contributed by atoms with Crippen LogP contribution in [0.25, 0.3) is 0 Å². The summed E-state index contributed by atoms with van der Waals surface area (Å²) in [6, 6.07) is 0.132.